The van der Waals surface area contributed by atoms with Crippen molar-refractivity contribution in [3.63, 3.8) is 0 Å². The van der Waals surface area contributed by atoms with Crippen LogP contribution in [0.3, 0.4) is 0 Å². The van der Waals surface area contributed by atoms with Gasteiger partial charge in [-0.1, -0.05) is 0 Å². The van der Waals surface area contributed by atoms with Crippen molar-refractivity contribution in [2.24, 2.45) is 5.84 Å². The Morgan fingerprint density at radius 1 is 1.32 bits per heavy atom. The molecule has 1 heterocycles. The van der Waals surface area contributed by atoms with E-state index in [-0.39, 0.29) is 5.91 Å². The van der Waals surface area contributed by atoms with E-state index in [2.05, 4.69) is 20.5 Å². The van der Waals surface area contributed by atoms with E-state index in [4.69, 9.17) is 5.84 Å². The lowest BCUT2D eigenvalue weighted by molar-refractivity contribution is 0.0752. The number of nitrogens with one attached hydrogen (secondary N) is 1. The molecule has 7 nitrogen and oxygen atoms in total. The fourth-order valence-corrected chi connectivity index (χ4v) is 1.67. The number of nitrogens with two attached hydrogens (primary N) is 1. The molecule has 0 radical (unpaired) electrons. The van der Waals surface area contributed by atoms with Crippen molar-refractivity contribution < 1.29 is 4.79 Å². The Kier molecular flexibility index (Phi) is 6.17. The summed E-state index contributed by atoms with van der Waals surface area (Å²) in [7, 11) is 4.03. The van der Waals surface area contributed by atoms with Gasteiger partial charge >= 0.3 is 0 Å². The van der Waals surface area contributed by atoms with Crippen LogP contribution < -0.4 is 11.3 Å². The van der Waals surface area contributed by atoms with Crippen LogP contribution in [-0.4, -0.2) is 59.6 Å². The van der Waals surface area contributed by atoms with Crippen LogP contribution in [0.15, 0.2) is 12.1 Å². The van der Waals surface area contributed by atoms with Gasteiger partial charge in [0.1, 0.15) is 0 Å². The van der Waals surface area contributed by atoms with Crippen molar-refractivity contribution >= 4 is 11.7 Å². The molecule has 1 aromatic heterocycles. The largest absolute Gasteiger partial charge is 0.337 e. The Balaban J connectivity index is 2.61. The molecule has 106 valence electrons. The second-order valence-electron chi connectivity index (χ2n) is 4.49. The number of aromatic nitrogens is 2. The van der Waals surface area contributed by atoms with Crippen molar-refractivity contribution in [1.82, 2.24) is 20.0 Å². The van der Waals surface area contributed by atoms with Gasteiger partial charge in [0.15, 0.2) is 11.5 Å². The van der Waals surface area contributed by atoms with Gasteiger partial charge in [-0.15, -0.1) is 10.2 Å². The molecule has 0 spiro atoms. The maximum Gasteiger partial charge on any atom is 0.274 e. The van der Waals surface area contributed by atoms with Crippen LogP contribution in [0.25, 0.3) is 0 Å². The molecule has 0 fully saturated rings. The predicted octanol–water partition coefficient (Wildman–Crippen LogP) is 0.176. The third-order valence-electron chi connectivity index (χ3n) is 2.73. The number of anilines is 1. The lowest BCUT2D eigenvalue weighted by atomic mass is 10.3. The van der Waals surface area contributed by atoms with E-state index >= 15 is 0 Å². The van der Waals surface area contributed by atoms with Gasteiger partial charge in [0.05, 0.1) is 0 Å². The molecule has 0 atom stereocenters. The van der Waals surface area contributed by atoms with Gasteiger partial charge in [0, 0.05) is 13.1 Å². The SMILES string of the molecule is CCN(CCCN(C)C)C(=O)c1ccc(NN)nn1. The van der Waals surface area contributed by atoms with Gasteiger partial charge < -0.3 is 15.2 Å². The van der Waals surface area contributed by atoms with Crippen LogP contribution in [0.1, 0.15) is 23.8 Å². The average Bonchev–Trinajstić information content (AvgIpc) is 2.43. The molecule has 1 aromatic rings. The van der Waals surface area contributed by atoms with Gasteiger partial charge in [-0.05, 0) is 46.1 Å². The Morgan fingerprint density at radius 2 is 2.05 bits per heavy atom. The zero-order valence-electron chi connectivity index (χ0n) is 11.8. The highest BCUT2D eigenvalue weighted by atomic mass is 16.2. The highest BCUT2D eigenvalue weighted by Crippen LogP contribution is 2.05. The van der Waals surface area contributed by atoms with Crippen LogP contribution in [0, 0.1) is 0 Å². The molecule has 0 aromatic carbocycles. The summed E-state index contributed by atoms with van der Waals surface area (Å²) in [5.41, 5.74) is 2.72. The smallest absolute Gasteiger partial charge is 0.274 e. The first-order valence-electron chi connectivity index (χ1n) is 6.32. The standard InChI is InChI=1S/C12H22N6O/c1-4-18(9-5-8-17(2)3)12(19)10-6-7-11(14-13)16-15-10/h6-7H,4-5,8-9,13H2,1-3H3,(H,14,16). The minimum absolute atomic E-state index is 0.0997. The highest BCUT2D eigenvalue weighted by Gasteiger charge is 2.15. The Morgan fingerprint density at radius 3 is 2.53 bits per heavy atom. The first-order chi connectivity index (χ1) is 9.08. The Hall–Kier alpha value is -1.73. The maximum absolute atomic E-state index is 12.2. The molecule has 0 saturated carbocycles. The quantitative estimate of drug-likeness (QED) is 0.540. The number of carbonyl (C=O) groups excluding carboxylic acids is 1. The molecule has 0 unspecified atom stereocenters. The summed E-state index contributed by atoms with van der Waals surface area (Å²) >= 11 is 0. The van der Waals surface area contributed by atoms with Crippen molar-refractivity contribution in [3.8, 4) is 0 Å². The second-order valence-corrected chi connectivity index (χ2v) is 4.49. The molecule has 0 bridgehead atoms. The highest BCUT2D eigenvalue weighted by molar-refractivity contribution is 5.92. The zero-order chi connectivity index (χ0) is 14.3. The number of amides is 1. The van der Waals surface area contributed by atoms with E-state index in [0.717, 1.165) is 13.0 Å². The fourth-order valence-electron chi connectivity index (χ4n) is 1.67. The molecule has 0 saturated heterocycles. The lowest BCUT2D eigenvalue weighted by Crippen LogP contribution is -2.34. The third-order valence-corrected chi connectivity index (χ3v) is 2.73. The first-order valence-corrected chi connectivity index (χ1v) is 6.32. The molecule has 1 amide bonds. The summed E-state index contributed by atoms with van der Waals surface area (Å²) in [5.74, 6) is 5.54. The monoisotopic (exact) mass is 266 g/mol. The number of hydrogen-bond donors (Lipinski definition) is 2. The summed E-state index contributed by atoms with van der Waals surface area (Å²) in [4.78, 5) is 16.1. The van der Waals surface area contributed by atoms with Crippen molar-refractivity contribution in [3.05, 3.63) is 17.8 Å². The summed E-state index contributed by atoms with van der Waals surface area (Å²) in [5, 5.41) is 7.67. The topological polar surface area (TPSA) is 87.4 Å². The van der Waals surface area contributed by atoms with Crippen LogP contribution >= 0.6 is 0 Å². The molecule has 3 N–H and O–H groups in total. The fraction of sp³-hybridized carbons (Fsp3) is 0.583. The normalized spacial score (nSPS) is 10.6. The molecular formula is C12H22N6O. The van der Waals surface area contributed by atoms with Crippen molar-refractivity contribution in [2.75, 3.05) is 39.2 Å². The average molecular weight is 266 g/mol. The summed E-state index contributed by atoms with van der Waals surface area (Å²) in [6.45, 7) is 4.28. The van der Waals surface area contributed by atoms with Crippen molar-refractivity contribution in [2.45, 2.75) is 13.3 Å². The minimum atomic E-state index is -0.0997. The van der Waals surface area contributed by atoms with Gasteiger partial charge in [0.2, 0.25) is 0 Å². The molecule has 0 aliphatic rings. The van der Waals surface area contributed by atoms with Crippen LogP contribution in [0.5, 0.6) is 0 Å². The summed E-state index contributed by atoms with van der Waals surface area (Å²) in [6.07, 6.45) is 0.933. The van der Waals surface area contributed by atoms with Crippen LogP contribution in [0.4, 0.5) is 5.82 Å². The minimum Gasteiger partial charge on any atom is -0.337 e. The maximum atomic E-state index is 12.2. The van der Waals surface area contributed by atoms with Gasteiger partial charge in [-0.2, -0.15) is 0 Å². The number of nitrogen functional groups attached to an aromatic ring is 1. The first kappa shape index (κ1) is 15.3. The molecule has 19 heavy (non-hydrogen) atoms. The Labute approximate surface area is 113 Å². The number of rotatable bonds is 7. The van der Waals surface area contributed by atoms with Gasteiger partial charge in [0.25, 0.3) is 5.91 Å². The number of nitrogens with zero attached hydrogens (tertiary/aromatic N) is 4. The molecule has 1 rings (SSSR count). The number of hydrogen-bond acceptors (Lipinski definition) is 6. The Bertz CT molecular complexity index is 392. The zero-order valence-corrected chi connectivity index (χ0v) is 11.8. The van der Waals surface area contributed by atoms with E-state index in [1.54, 1.807) is 17.0 Å². The van der Waals surface area contributed by atoms with Crippen LogP contribution in [0.2, 0.25) is 0 Å². The van der Waals surface area contributed by atoms with E-state index in [1.165, 1.54) is 0 Å². The van der Waals surface area contributed by atoms with E-state index in [1.807, 2.05) is 21.0 Å². The molecule has 0 aliphatic heterocycles. The van der Waals surface area contributed by atoms with E-state index in [9.17, 15) is 4.79 Å². The number of carbonyl (C=O) groups is 1. The second kappa shape index (κ2) is 7.65. The van der Waals surface area contributed by atoms with Gasteiger partial charge in [-0.3, -0.25) is 4.79 Å². The molecule has 0 aliphatic carbocycles. The summed E-state index contributed by atoms with van der Waals surface area (Å²) < 4.78 is 0. The van der Waals surface area contributed by atoms with Crippen molar-refractivity contribution in [1.29, 1.82) is 0 Å². The molecular weight excluding hydrogens is 244 g/mol. The van der Waals surface area contributed by atoms with Crippen LogP contribution in [-0.2, 0) is 0 Å². The third kappa shape index (κ3) is 4.80. The van der Waals surface area contributed by atoms with Gasteiger partial charge in [-0.25, -0.2) is 5.84 Å². The lowest BCUT2D eigenvalue weighted by Gasteiger charge is -2.21. The van der Waals surface area contributed by atoms with E-state index in [0.29, 0.717) is 24.6 Å². The van der Waals surface area contributed by atoms with E-state index < -0.39 is 0 Å². The molecule has 7 heteroatoms. The number of hydrazine groups is 1. The summed E-state index contributed by atoms with van der Waals surface area (Å²) in [6, 6.07) is 3.26. The predicted molar refractivity (Wildman–Crippen MR) is 74.6 cm³/mol.